The molecule has 38 heavy (non-hydrogen) atoms. The molecular weight excluding hydrogens is 491 g/mol. The first-order valence-electron chi connectivity index (χ1n) is 12.1. The van der Waals surface area contributed by atoms with Crippen molar-refractivity contribution in [3.05, 3.63) is 90.6 Å². The third-order valence-corrected chi connectivity index (χ3v) is 6.28. The molecule has 0 saturated carbocycles. The molecule has 2 heterocycles. The van der Waals surface area contributed by atoms with Crippen LogP contribution in [0, 0.1) is 19.7 Å². The highest BCUT2D eigenvalue weighted by molar-refractivity contribution is 5.94. The number of nitrogens with one attached hydrogen (secondary N) is 2. The fourth-order valence-electron chi connectivity index (χ4n) is 4.45. The number of aromatic nitrogens is 3. The maximum Gasteiger partial charge on any atom is 0.336 e. The Bertz CT molecular complexity index is 1750. The van der Waals surface area contributed by atoms with Crippen molar-refractivity contribution in [3.8, 4) is 5.69 Å². The van der Waals surface area contributed by atoms with Crippen molar-refractivity contribution in [3.63, 3.8) is 0 Å². The summed E-state index contributed by atoms with van der Waals surface area (Å²) in [5.41, 5.74) is 5.65. The molecule has 0 aliphatic heterocycles. The van der Waals surface area contributed by atoms with Gasteiger partial charge in [0.25, 0.3) is 11.1 Å². The number of hydrogen-bond acceptors (Lipinski definition) is 6. The molecule has 4 rings (SSSR count). The van der Waals surface area contributed by atoms with E-state index in [2.05, 4.69) is 10.6 Å². The highest BCUT2D eigenvalue weighted by Gasteiger charge is 2.23. The molecule has 1 amide bonds. The summed E-state index contributed by atoms with van der Waals surface area (Å²) < 4.78 is 18.4. The molecule has 0 saturated heterocycles. The van der Waals surface area contributed by atoms with Gasteiger partial charge in [-0.3, -0.25) is 28.1 Å². The summed E-state index contributed by atoms with van der Waals surface area (Å²) in [4.78, 5) is 52.6. The zero-order valence-electron chi connectivity index (χ0n) is 21.6. The number of carbonyl (C=O) groups excluding carboxylic acids is 1. The molecule has 4 aromatic rings. The van der Waals surface area contributed by atoms with Gasteiger partial charge < -0.3 is 16.4 Å². The van der Waals surface area contributed by atoms with Gasteiger partial charge in [0, 0.05) is 31.8 Å². The molecule has 10 nitrogen and oxygen atoms in total. The number of fused-ring (bicyclic) bond motifs is 1. The summed E-state index contributed by atoms with van der Waals surface area (Å²) in [6.07, 6.45) is 0.354. The van der Waals surface area contributed by atoms with E-state index in [-0.39, 0.29) is 47.0 Å². The Hall–Kier alpha value is -4.51. The molecule has 0 fully saturated rings. The Kier molecular flexibility index (Phi) is 7.31. The fraction of sp³-hybridized carbons (Fsp3) is 0.259. The Balaban J connectivity index is 2.16. The van der Waals surface area contributed by atoms with Gasteiger partial charge in [0.2, 0.25) is 5.91 Å². The van der Waals surface area contributed by atoms with E-state index in [1.165, 1.54) is 42.2 Å². The molecule has 0 unspecified atom stereocenters. The number of aryl methyl sites for hydroxylation is 2. The summed E-state index contributed by atoms with van der Waals surface area (Å²) in [6, 6.07) is 11.0. The summed E-state index contributed by atoms with van der Waals surface area (Å²) in [7, 11) is 1.47. The lowest BCUT2D eigenvalue weighted by atomic mass is 10.1. The molecule has 11 heteroatoms. The standard InChI is InChI=1S/C27H29FN6O4/c1-15-9-10-21(20(28)13-15)31-24-22-23(16(2)25(36)32(24)4)34(27(38)33(26(22)37)12-6-11-29)19-8-5-7-18(14-19)30-17(3)35/h5,7-10,13-14,31H,6,11-12,29H2,1-4H3,(H,30,35). The van der Waals surface area contributed by atoms with Gasteiger partial charge >= 0.3 is 5.69 Å². The molecule has 0 aliphatic carbocycles. The van der Waals surface area contributed by atoms with Crippen LogP contribution >= 0.6 is 0 Å². The average Bonchev–Trinajstić information content (AvgIpc) is 2.86. The number of hydrogen-bond donors (Lipinski definition) is 3. The van der Waals surface area contributed by atoms with E-state index < -0.39 is 22.6 Å². The smallest absolute Gasteiger partial charge is 0.336 e. The van der Waals surface area contributed by atoms with Crippen molar-refractivity contribution < 1.29 is 9.18 Å². The number of nitrogens with two attached hydrogens (primary N) is 1. The second-order valence-electron chi connectivity index (χ2n) is 9.12. The van der Waals surface area contributed by atoms with Crippen LogP contribution in [0.1, 0.15) is 24.5 Å². The highest BCUT2D eigenvalue weighted by atomic mass is 19.1. The summed E-state index contributed by atoms with van der Waals surface area (Å²) in [6.45, 7) is 4.91. The number of pyridine rings is 1. The summed E-state index contributed by atoms with van der Waals surface area (Å²) >= 11 is 0. The molecule has 0 aliphatic rings. The minimum atomic E-state index is -0.667. The van der Waals surface area contributed by atoms with Crippen LogP contribution in [-0.4, -0.2) is 26.2 Å². The van der Waals surface area contributed by atoms with E-state index in [9.17, 15) is 23.6 Å². The van der Waals surface area contributed by atoms with Gasteiger partial charge in [-0.05, 0) is 62.7 Å². The number of halogens is 1. The third kappa shape index (κ3) is 4.75. The van der Waals surface area contributed by atoms with Crippen LogP contribution in [0.5, 0.6) is 0 Å². The zero-order chi connectivity index (χ0) is 27.7. The van der Waals surface area contributed by atoms with Crippen LogP contribution < -0.4 is 33.2 Å². The van der Waals surface area contributed by atoms with Gasteiger partial charge in [0.05, 0.1) is 16.9 Å². The van der Waals surface area contributed by atoms with E-state index in [1.807, 2.05) is 0 Å². The molecule has 0 spiro atoms. The number of nitrogens with zero attached hydrogens (tertiary/aromatic N) is 3. The van der Waals surface area contributed by atoms with Crippen molar-refractivity contribution >= 4 is 34.0 Å². The Morgan fingerprint density at radius 3 is 2.45 bits per heavy atom. The largest absolute Gasteiger partial charge is 0.338 e. The summed E-state index contributed by atoms with van der Waals surface area (Å²) in [5, 5.41) is 5.62. The van der Waals surface area contributed by atoms with Crippen LogP contribution in [0.15, 0.2) is 56.8 Å². The van der Waals surface area contributed by atoms with Crippen molar-refractivity contribution in [1.29, 1.82) is 0 Å². The number of benzene rings is 2. The molecular formula is C27H29FN6O4. The number of amides is 1. The Morgan fingerprint density at radius 1 is 1.05 bits per heavy atom. The number of anilines is 3. The Labute approximate surface area is 217 Å². The van der Waals surface area contributed by atoms with Crippen molar-refractivity contribution in [2.75, 3.05) is 17.2 Å². The first kappa shape index (κ1) is 26.6. The lowest BCUT2D eigenvalue weighted by Crippen LogP contribution is -2.42. The Morgan fingerprint density at radius 2 is 1.79 bits per heavy atom. The lowest BCUT2D eigenvalue weighted by Gasteiger charge is -2.21. The monoisotopic (exact) mass is 520 g/mol. The number of carbonyl (C=O) groups is 1. The minimum absolute atomic E-state index is 0.0335. The zero-order valence-corrected chi connectivity index (χ0v) is 21.6. The van der Waals surface area contributed by atoms with Gasteiger partial charge in [-0.1, -0.05) is 12.1 Å². The molecule has 0 bridgehead atoms. The highest BCUT2D eigenvalue weighted by Crippen LogP contribution is 2.27. The third-order valence-electron chi connectivity index (χ3n) is 6.28. The molecule has 2 aromatic heterocycles. The molecule has 4 N–H and O–H groups in total. The molecule has 2 aromatic carbocycles. The summed E-state index contributed by atoms with van der Waals surface area (Å²) in [5.74, 6) is -0.827. The predicted octanol–water partition coefficient (Wildman–Crippen LogP) is 2.66. The fourth-order valence-corrected chi connectivity index (χ4v) is 4.45. The normalized spacial score (nSPS) is 11.1. The van der Waals surface area contributed by atoms with E-state index >= 15 is 0 Å². The molecule has 0 atom stereocenters. The van der Waals surface area contributed by atoms with Crippen molar-refractivity contribution in [2.45, 2.75) is 33.7 Å². The second kappa shape index (κ2) is 10.5. The van der Waals surface area contributed by atoms with Gasteiger partial charge in [-0.15, -0.1) is 0 Å². The van der Waals surface area contributed by atoms with E-state index in [0.717, 1.165) is 4.57 Å². The first-order valence-corrected chi connectivity index (χ1v) is 12.1. The van der Waals surface area contributed by atoms with Gasteiger partial charge in [0.1, 0.15) is 17.0 Å². The minimum Gasteiger partial charge on any atom is -0.338 e. The second-order valence-corrected chi connectivity index (χ2v) is 9.12. The molecule has 0 radical (unpaired) electrons. The van der Waals surface area contributed by atoms with E-state index in [4.69, 9.17) is 5.73 Å². The predicted molar refractivity (Wildman–Crippen MR) is 146 cm³/mol. The SMILES string of the molecule is CC(=O)Nc1cccc(-n2c(=O)n(CCCN)c(=O)c3c(Nc4ccc(C)cc4F)n(C)c(=O)c(C)c32)c1. The van der Waals surface area contributed by atoms with Crippen LogP contribution in [0.4, 0.5) is 21.6 Å². The average molecular weight is 521 g/mol. The van der Waals surface area contributed by atoms with E-state index in [0.29, 0.717) is 23.4 Å². The van der Waals surface area contributed by atoms with Crippen LogP contribution in [0.3, 0.4) is 0 Å². The van der Waals surface area contributed by atoms with Crippen molar-refractivity contribution in [2.24, 2.45) is 12.8 Å². The van der Waals surface area contributed by atoms with E-state index in [1.54, 1.807) is 37.3 Å². The van der Waals surface area contributed by atoms with Crippen LogP contribution in [-0.2, 0) is 18.4 Å². The quantitative estimate of drug-likeness (QED) is 0.343. The van der Waals surface area contributed by atoms with Gasteiger partial charge in [0.15, 0.2) is 0 Å². The lowest BCUT2D eigenvalue weighted by molar-refractivity contribution is -0.114. The molecule has 198 valence electrons. The van der Waals surface area contributed by atoms with Crippen LogP contribution in [0.25, 0.3) is 16.6 Å². The maximum atomic E-state index is 14.8. The number of rotatable bonds is 7. The maximum absolute atomic E-state index is 14.8. The van der Waals surface area contributed by atoms with Gasteiger partial charge in [-0.2, -0.15) is 0 Å². The topological polar surface area (TPSA) is 133 Å². The first-order chi connectivity index (χ1) is 18.0. The van der Waals surface area contributed by atoms with Gasteiger partial charge in [-0.25, -0.2) is 9.18 Å². The van der Waals surface area contributed by atoms with Crippen molar-refractivity contribution in [1.82, 2.24) is 13.7 Å². The van der Waals surface area contributed by atoms with Crippen LogP contribution in [0.2, 0.25) is 0 Å².